The van der Waals surface area contributed by atoms with E-state index in [0.29, 0.717) is 11.4 Å². The fourth-order valence-electron chi connectivity index (χ4n) is 2.60. The zero-order valence-corrected chi connectivity index (χ0v) is 14.8. The number of rotatable bonds is 4. The quantitative estimate of drug-likeness (QED) is 0.607. The van der Waals surface area contributed by atoms with Gasteiger partial charge in [0.05, 0.1) is 17.7 Å². The third kappa shape index (κ3) is 3.15. The maximum Gasteiger partial charge on any atom is 0.328 e. The number of hydrogen-bond donors (Lipinski definition) is 0. The van der Waals surface area contributed by atoms with Crippen molar-refractivity contribution in [3.8, 4) is 5.69 Å². The number of amides is 2. The minimum Gasteiger partial charge on any atom is -0.467 e. The first kappa shape index (κ1) is 17.9. The predicted octanol–water partition coefficient (Wildman–Crippen LogP) is 3.21. The molecule has 2 amide bonds. The largest absolute Gasteiger partial charge is 0.467 e. The number of ether oxygens (including phenoxy) is 1. The molecule has 0 saturated carbocycles. The number of benzene rings is 1. The fourth-order valence-corrected chi connectivity index (χ4v) is 3.50. The number of carbonyl (C=O) groups is 3. The maximum atomic E-state index is 14.1. The number of thioether (sulfide) groups is 1. The van der Waals surface area contributed by atoms with Crippen molar-refractivity contribution >= 4 is 35.0 Å². The summed E-state index contributed by atoms with van der Waals surface area (Å²) in [6, 6.07) is 8.62. The molecule has 3 rings (SSSR count). The van der Waals surface area contributed by atoms with Crippen LogP contribution in [0.25, 0.3) is 11.8 Å². The van der Waals surface area contributed by atoms with Crippen LogP contribution in [0.15, 0.2) is 47.5 Å². The lowest BCUT2D eigenvalue weighted by molar-refractivity contribution is -0.148. The van der Waals surface area contributed by atoms with Crippen molar-refractivity contribution in [2.45, 2.75) is 13.0 Å². The topological polar surface area (TPSA) is 68.6 Å². The molecule has 0 bridgehead atoms. The lowest BCUT2D eigenvalue weighted by atomic mass is 10.2. The van der Waals surface area contributed by atoms with Crippen molar-refractivity contribution < 1.29 is 23.5 Å². The molecule has 1 atom stereocenters. The first-order chi connectivity index (χ1) is 12.4. The van der Waals surface area contributed by atoms with E-state index in [-0.39, 0.29) is 4.91 Å². The molecule has 134 valence electrons. The van der Waals surface area contributed by atoms with E-state index in [1.165, 1.54) is 26.2 Å². The van der Waals surface area contributed by atoms with Crippen LogP contribution in [0, 0.1) is 5.82 Å². The van der Waals surface area contributed by atoms with Crippen molar-refractivity contribution in [3.05, 3.63) is 59.0 Å². The number of nitrogens with zero attached hydrogens (tertiary/aromatic N) is 2. The van der Waals surface area contributed by atoms with Crippen molar-refractivity contribution in [1.29, 1.82) is 0 Å². The number of hydrogen-bond acceptors (Lipinski definition) is 5. The van der Waals surface area contributed by atoms with Crippen LogP contribution in [-0.4, -0.2) is 39.7 Å². The molecule has 2 aromatic rings. The molecule has 1 aromatic heterocycles. The summed E-state index contributed by atoms with van der Waals surface area (Å²) in [5, 5.41) is -0.553. The van der Waals surface area contributed by atoms with Crippen LogP contribution >= 0.6 is 11.8 Å². The molecule has 0 unspecified atom stereocenters. The van der Waals surface area contributed by atoms with Gasteiger partial charge in [0.15, 0.2) is 0 Å². The number of halogens is 1. The molecule has 1 aliphatic rings. The molecule has 1 saturated heterocycles. The Morgan fingerprint density at radius 3 is 2.65 bits per heavy atom. The predicted molar refractivity (Wildman–Crippen MR) is 95.0 cm³/mol. The maximum absolute atomic E-state index is 14.1. The second-order valence-corrected chi connectivity index (χ2v) is 6.50. The zero-order valence-electron chi connectivity index (χ0n) is 14.0. The van der Waals surface area contributed by atoms with Crippen LogP contribution in [0.3, 0.4) is 0 Å². The summed E-state index contributed by atoms with van der Waals surface area (Å²) in [5.74, 6) is -1.67. The van der Waals surface area contributed by atoms with Gasteiger partial charge >= 0.3 is 5.97 Å². The second-order valence-electron chi connectivity index (χ2n) is 5.51. The van der Waals surface area contributed by atoms with Gasteiger partial charge in [-0.05, 0) is 49.0 Å². The molecule has 1 aliphatic heterocycles. The Hall–Kier alpha value is -2.87. The summed E-state index contributed by atoms with van der Waals surface area (Å²) >= 11 is 0.728. The summed E-state index contributed by atoms with van der Waals surface area (Å²) < 4.78 is 20.2. The fraction of sp³-hybridized carbons (Fsp3) is 0.167. The monoisotopic (exact) mass is 374 g/mol. The van der Waals surface area contributed by atoms with Gasteiger partial charge in [-0.1, -0.05) is 12.1 Å². The SMILES string of the molecule is COC(=O)[C@@H](C)N1C(=O)S/C(=C/c2cccn2-c2ccccc2F)C1=O. The van der Waals surface area contributed by atoms with E-state index in [0.717, 1.165) is 16.7 Å². The molecule has 1 fully saturated rings. The Labute approximate surface area is 153 Å². The summed E-state index contributed by atoms with van der Waals surface area (Å²) in [7, 11) is 1.19. The van der Waals surface area contributed by atoms with Crippen LogP contribution < -0.4 is 0 Å². The van der Waals surface area contributed by atoms with E-state index in [1.54, 1.807) is 41.1 Å². The van der Waals surface area contributed by atoms with Gasteiger partial charge in [-0.3, -0.25) is 14.5 Å². The lowest BCUT2D eigenvalue weighted by Crippen LogP contribution is -2.42. The number of imide groups is 1. The van der Waals surface area contributed by atoms with Crippen LogP contribution in [0.5, 0.6) is 0 Å². The highest BCUT2D eigenvalue weighted by atomic mass is 32.2. The van der Waals surface area contributed by atoms with Gasteiger partial charge in [0.25, 0.3) is 11.1 Å². The molecule has 6 nitrogen and oxygen atoms in total. The minimum absolute atomic E-state index is 0.155. The molecule has 1 aromatic carbocycles. The molecule has 26 heavy (non-hydrogen) atoms. The van der Waals surface area contributed by atoms with Crippen LogP contribution in [0.4, 0.5) is 9.18 Å². The smallest absolute Gasteiger partial charge is 0.328 e. The van der Waals surface area contributed by atoms with Crippen molar-refractivity contribution in [1.82, 2.24) is 9.47 Å². The third-order valence-corrected chi connectivity index (χ3v) is 4.81. The highest BCUT2D eigenvalue weighted by molar-refractivity contribution is 8.18. The van der Waals surface area contributed by atoms with Gasteiger partial charge in [-0.25, -0.2) is 9.18 Å². The summed E-state index contributed by atoms with van der Waals surface area (Å²) in [6.07, 6.45) is 3.16. The molecule has 0 aliphatic carbocycles. The number of carbonyl (C=O) groups excluding carboxylic acids is 3. The number of methoxy groups -OCH3 is 1. The number of esters is 1. The molecule has 0 N–H and O–H groups in total. The Bertz CT molecular complexity index is 921. The standard InChI is InChI=1S/C18H15FN2O4S/c1-11(17(23)25-2)21-16(22)15(26-18(21)24)10-12-6-5-9-20(12)14-8-4-3-7-13(14)19/h3-11H,1-2H3/b15-10+/t11-/m1/s1. The lowest BCUT2D eigenvalue weighted by Gasteiger charge is -2.18. The van der Waals surface area contributed by atoms with Gasteiger partial charge < -0.3 is 9.30 Å². The molecule has 2 heterocycles. The average molecular weight is 374 g/mol. The summed E-state index contributed by atoms with van der Waals surface area (Å²) in [5.41, 5.74) is 0.859. The Balaban J connectivity index is 1.95. The van der Waals surface area contributed by atoms with Gasteiger partial charge in [-0.2, -0.15) is 0 Å². The second kappa shape index (κ2) is 7.17. The van der Waals surface area contributed by atoms with E-state index in [1.807, 2.05) is 0 Å². The minimum atomic E-state index is -1.02. The van der Waals surface area contributed by atoms with Gasteiger partial charge in [0.1, 0.15) is 11.9 Å². The Kier molecular flexibility index (Phi) is 4.94. The first-order valence-electron chi connectivity index (χ1n) is 7.71. The van der Waals surface area contributed by atoms with Gasteiger partial charge in [0.2, 0.25) is 0 Å². The first-order valence-corrected chi connectivity index (χ1v) is 8.53. The highest BCUT2D eigenvalue weighted by Crippen LogP contribution is 2.34. The normalized spacial score (nSPS) is 17.0. The molecular formula is C18H15FN2O4S. The molecule has 0 spiro atoms. The van der Waals surface area contributed by atoms with Crippen molar-refractivity contribution in [2.24, 2.45) is 0 Å². The molecular weight excluding hydrogens is 359 g/mol. The van der Waals surface area contributed by atoms with E-state index in [4.69, 9.17) is 0 Å². The van der Waals surface area contributed by atoms with Crippen LogP contribution in [0.1, 0.15) is 12.6 Å². The molecule has 0 radical (unpaired) electrons. The van der Waals surface area contributed by atoms with E-state index in [2.05, 4.69) is 4.74 Å². The zero-order chi connectivity index (χ0) is 18.8. The van der Waals surface area contributed by atoms with E-state index >= 15 is 0 Å². The van der Waals surface area contributed by atoms with Crippen LogP contribution in [0.2, 0.25) is 0 Å². The van der Waals surface area contributed by atoms with Gasteiger partial charge in [-0.15, -0.1) is 0 Å². The molecule has 8 heteroatoms. The summed E-state index contributed by atoms with van der Waals surface area (Å²) in [4.78, 5) is 37.4. The third-order valence-electron chi connectivity index (χ3n) is 3.92. The number of aromatic nitrogens is 1. The Morgan fingerprint density at radius 1 is 1.23 bits per heavy atom. The van der Waals surface area contributed by atoms with E-state index in [9.17, 15) is 18.8 Å². The highest BCUT2D eigenvalue weighted by Gasteiger charge is 2.41. The van der Waals surface area contributed by atoms with Gasteiger partial charge in [0, 0.05) is 11.9 Å². The van der Waals surface area contributed by atoms with E-state index < -0.39 is 29.0 Å². The van der Waals surface area contributed by atoms with Crippen LogP contribution in [-0.2, 0) is 14.3 Å². The Morgan fingerprint density at radius 2 is 1.96 bits per heavy atom. The average Bonchev–Trinajstić information content (AvgIpc) is 3.19. The summed E-state index contributed by atoms with van der Waals surface area (Å²) in [6.45, 7) is 1.42. The van der Waals surface area contributed by atoms with Crippen molar-refractivity contribution in [2.75, 3.05) is 7.11 Å². The van der Waals surface area contributed by atoms with Crippen molar-refractivity contribution in [3.63, 3.8) is 0 Å². The number of para-hydroxylation sites is 1.